The van der Waals surface area contributed by atoms with E-state index in [1.807, 2.05) is 0 Å². The molecule has 0 saturated heterocycles. The van der Waals surface area contributed by atoms with E-state index < -0.39 is 5.97 Å². The molecule has 0 bridgehead atoms. The zero-order chi connectivity index (χ0) is 29.4. The lowest BCUT2D eigenvalue weighted by Crippen LogP contribution is -2.18. The van der Waals surface area contributed by atoms with Gasteiger partial charge in [0, 0.05) is 12.8 Å². The van der Waals surface area contributed by atoms with E-state index in [1.165, 1.54) is 128 Å². The summed E-state index contributed by atoms with van der Waals surface area (Å²) in [5.74, 6) is -0.717. The first kappa shape index (κ1) is 38.9. The van der Waals surface area contributed by atoms with Gasteiger partial charge in [-0.15, -0.1) is 0 Å². The molecule has 4 heteroatoms. The zero-order valence-corrected chi connectivity index (χ0v) is 27.2. The Balaban J connectivity index is 3.89. The van der Waals surface area contributed by atoms with Gasteiger partial charge in [-0.05, 0) is 38.5 Å². The van der Waals surface area contributed by atoms with Crippen LogP contribution in [0.25, 0.3) is 0 Å². The molecule has 238 valence electrons. The molecule has 0 aliphatic heterocycles. The number of ether oxygens (including phenoxy) is 1. The molecular weight excluding hydrogens is 496 g/mol. The van der Waals surface area contributed by atoms with Gasteiger partial charge in [-0.2, -0.15) is 0 Å². The van der Waals surface area contributed by atoms with Crippen LogP contribution in [0.5, 0.6) is 0 Å². The van der Waals surface area contributed by atoms with Crippen molar-refractivity contribution in [2.45, 2.75) is 219 Å². The van der Waals surface area contributed by atoms with Crippen molar-refractivity contribution in [2.24, 2.45) is 0 Å². The summed E-state index contributed by atoms with van der Waals surface area (Å²) in [6.45, 7) is 4.54. The van der Waals surface area contributed by atoms with Crippen LogP contribution in [0.15, 0.2) is 0 Å². The summed E-state index contributed by atoms with van der Waals surface area (Å²) in [6, 6.07) is 0. The molecule has 0 heterocycles. The maximum Gasteiger partial charge on any atom is 0.306 e. The second-order valence-corrected chi connectivity index (χ2v) is 12.4. The van der Waals surface area contributed by atoms with Crippen molar-refractivity contribution in [1.29, 1.82) is 0 Å². The Morgan fingerprint density at radius 3 is 1.10 bits per heavy atom. The summed E-state index contributed by atoms with van der Waals surface area (Å²) in [6.07, 6.45) is 36.9. The summed E-state index contributed by atoms with van der Waals surface area (Å²) < 4.78 is 5.94. The lowest BCUT2D eigenvalue weighted by atomic mass is 10.0. The Morgan fingerprint density at radius 1 is 0.450 bits per heavy atom. The van der Waals surface area contributed by atoms with Crippen LogP contribution in [0.1, 0.15) is 213 Å². The number of carboxylic acid groups (broad SMARTS) is 1. The fourth-order valence-electron chi connectivity index (χ4n) is 5.66. The number of unbranched alkanes of at least 4 members (excludes halogenated alkanes) is 24. The predicted octanol–water partition coefficient (Wildman–Crippen LogP) is 12.1. The molecule has 0 spiro atoms. The molecule has 40 heavy (non-hydrogen) atoms. The fourth-order valence-corrected chi connectivity index (χ4v) is 5.66. The van der Waals surface area contributed by atoms with Crippen LogP contribution in [-0.2, 0) is 14.3 Å². The van der Waals surface area contributed by atoms with Gasteiger partial charge in [0.2, 0.25) is 0 Å². The maximum atomic E-state index is 12.5. The van der Waals surface area contributed by atoms with Crippen LogP contribution in [0, 0.1) is 0 Å². The van der Waals surface area contributed by atoms with Crippen LogP contribution in [0.3, 0.4) is 0 Å². The number of aliphatic carboxylic acids is 1. The molecule has 0 saturated carbocycles. The van der Waals surface area contributed by atoms with Gasteiger partial charge in [0.05, 0.1) is 0 Å². The lowest BCUT2D eigenvalue weighted by molar-refractivity contribution is -0.150. The number of hydrogen-bond donors (Lipinski definition) is 1. The molecule has 0 fully saturated rings. The molecule has 0 aromatic rings. The molecule has 4 nitrogen and oxygen atoms in total. The van der Waals surface area contributed by atoms with Gasteiger partial charge in [0.15, 0.2) is 0 Å². The van der Waals surface area contributed by atoms with Crippen LogP contribution >= 0.6 is 0 Å². The van der Waals surface area contributed by atoms with Gasteiger partial charge in [-0.1, -0.05) is 162 Å². The number of carbonyl (C=O) groups excluding carboxylic acids is 1. The van der Waals surface area contributed by atoms with Crippen LogP contribution in [-0.4, -0.2) is 23.1 Å². The third-order valence-electron chi connectivity index (χ3n) is 8.33. The Labute approximate surface area is 250 Å². The summed E-state index contributed by atoms with van der Waals surface area (Å²) in [4.78, 5) is 23.2. The second kappa shape index (κ2) is 32.5. The normalized spacial score (nSPS) is 12.1. The number of hydrogen-bond acceptors (Lipinski definition) is 3. The van der Waals surface area contributed by atoms with E-state index >= 15 is 0 Å². The molecule has 0 rings (SSSR count). The summed E-state index contributed by atoms with van der Waals surface area (Å²) in [7, 11) is 0. The predicted molar refractivity (Wildman–Crippen MR) is 172 cm³/mol. The monoisotopic (exact) mass is 567 g/mol. The highest BCUT2D eigenvalue weighted by Gasteiger charge is 2.14. The standard InChI is InChI=1S/C36H70O4/c1-3-5-7-9-11-13-14-15-16-17-18-19-21-23-29-33-36(39)40-34(31-27-24-25-28-32-35(37)38)30-26-22-20-12-10-8-6-4-2/h34H,3-33H2,1-2H3,(H,37,38). The average Bonchev–Trinajstić information content (AvgIpc) is 2.93. The van der Waals surface area contributed by atoms with Gasteiger partial charge >= 0.3 is 11.9 Å². The minimum atomic E-state index is -0.708. The molecule has 1 atom stereocenters. The minimum absolute atomic E-state index is 0.00913. The van der Waals surface area contributed by atoms with Gasteiger partial charge < -0.3 is 9.84 Å². The van der Waals surface area contributed by atoms with Crippen LogP contribution in [0.2, 0.25) is 0 Å². The molecule has 0 aliphatic carbocycles. The first-order valence-electron chi connectivity index (χ1n) is 18.0. The van der Waals surface area contributed by atoms with Crippen molar-refractivity contribution in [1.82, 2.24) is 0 Å². The van der Waals surface area contributed by atoms with Crippen molar-refractivity contribution in [2.75, 3.05) is 0 Å². The maximum absolute atomic E-state index is 12.5. The Morgan fingerprint density at radius 2 is 0.750 bits per heavy atom. The third-order valence-corrected chi connectivity index (χ3v) is 8.33. The summed E-state index contributed by atoms with van der Waals surface area (Å²) in [5, 5.41) is 8.81. The topological polar surface area (TPSA) is 63.6 Å². The number of esters is 1. The Hall–Kier alpha value is -1.06. The molecule has 0 aromatic carbocycles. The largest absolute Gasteiger partial charge is 0.481 e. The highest BCUT2D eigenvalue weighted by Crippen LogP contribution is 2.19. The van der Waals surface area contributed by atoms with E-state index in [1.54, 1.807) is 0 Å². The summed E-state index contributed by atoms with van der Waals surface area (Å²) >= 11 is 0. The Bertz CT molecular complexity index is 533. The van der Waals surface area contributed by atoms with Crippen molar-refractivity contribution in [3.63, 3.8) is 0 Å². The van der Waals surface area contributed by atoms with Crippen molar-refractivity contribution < 1.29 is 19.4 Å². The van der Waals surface area contributed by atoms with E-state index in [0.29, 0.717) is 6.42 Å². The molecule has 0 radical (unpaired) electrons. The molecule has 0 aliphatic rings. The quantitative estimate of drug-likeness (QED) is 0.0633. The SMILES string of the molecule is CCCCCCCCCCCCCCCCCC(=O)OC(CCCCCCCCCC)CCCCCCC(=O)O. The van der Waals surface area contributed by atoms with Gasteiger partial charge in [0.1, 0.15) is 6.10 Å². The minimum Gasteiger partial charge on any atom is -0.481 e. The number of carbonyl (C=O) groups is 2. The zero-order valence-electron chi connectivity index (χ0n) is 27.2. The molecule has 0 amide bonds. The molecule has 0 aromatic heterocycles. The second-order valence-electron chi connectivity index (χ2n) is 12.4. The van der Waals surface area contributed by atoms with Crippen LogP contribution in [0.4, 0.5) is 0 Å². The summed E-state index contributed by atoms with van der Waals surface area (Å²) in [5.41, 5.74) is 0. The molecule has 1 N–H and O–H groups in total. The van der Waals surface area contributed by atoms with Gasteiger partial charge in [-0.25, -0.2) is 0 Å². The van der Waals surface area contributed by atoms with E-state index in [0.717, 1.165) is 57.8 Å². The van der Waals surface area contributed by atoms with E-state index in [-0.39, 0.29) is 18.5 Å². The van der Waals surface area contributed by atoms with E-state index in [9.17, 15) is 9.59 Å². The first-order valence-corrected chi connectivity index (χ1v) is 18.0. The average molecular weight is 567 g/mol. The van der Waals surface area contributed by atoms with Crippen molar-refractivity contribution in [3.8, 4) is 0 Å². The van der Waals surface area contributed by atoms with Crippen LogP contribution < -0.4 is 0 Å². The first-order chi connectivity index (χ1) is 19.6. The number of rotatable bonds is 33. The highest BCUT2D eigenvalue weighted by molar-refractivity contribution is 5.69. The highest BCUT2D eigenvalue weighted by atomic mass is 16.5. The molecular formula is C36H70O4. The van der Waals surface area contributed by atoms with E-state index in [2.05, 4.69) is 13.8 Å². The molecule has 1 unspecified atom stereocenters. The smallest absolute Gasteiger partial charge is 0.306 e. The van der Waals surface area contributed by atoms with E-state index in [4.69, 9.17) is 9.84 Å². The van der Waals surface area contributed by atoms with Gasteiger partial charge in [-0.3, -0.25) is 9.59 Å². The van der Waals surface area contributed by atoms with Crippen molar-refractivity contribution in [3.05, 3.63) is 0 Å². The van der Waals surface area contributed by atoms with Gasteiger partial charge in [0.25, 0.3) is 0 Å². The lowest BCUT2D eigenvalue weighted by Gasteiger charge is -2.18. The third kappa shape index (κ3) is 31.5. The Kier molecular flexibility index (Phi) is 31.6. The van der Waals surface area contributed by atoms with Crippen molar-refractivity contribution >= 4 is 11.9 Å². The number of carboxylic acids is 1. The fraction of sp³-hybridized carbons (Fsp3) is 0.944.